The number of ether oxygens (including phenoxy) is 1. The predicted molar refractivity (Wildman–Crippen MR) is 130 cm³/mol. The van der Waals surface area contributed by atoms with Gasteiger partial charge < -0.3 is 19.7 Å². The molecule has 0 bridgehead atoms. The summed E-state index contributed by atoms with van der Waals surface area (Å²) in [7, 11) is 1.60. The zero-order chi connectivity index (χ0) is 24.9. The van der Waals surface area contributed by atoms with Crippen LogP contribution in [0.1, 0.15) is 32.1 Å². The van der Waals surface area contributed by atoms with E-state index in [1.807, 2.05) is 18.2 Å². The van der Waals surface area contributed by atoms with Crippen LogP contribution in [0.15, 0.2) is 42.7 Å². The summed E-state index contributed by atoms with van der Waals surface area (Å²) in [6.45, 7) is -0.384. The lowest BCUT2D eigenvalue weighted by Gasteiger charge is -2.09. The number of rotatable bonds is 11. The maximum Gasteiger partial charge on any atom is 0.158 e. The molecule has 8 nitrogen and oxygen atoms in total. The Labute approximate surface area is 204 Å². The van der Waals surface area contributed by atoms with Gasteiger partial charge in [-0.2, -0.15) is 0 Å². The van der Waals surface area contributed by atoms with Crippen molar-refractivity contribution in [2.75, 3.05) is 24.8 Å². The van der Waals surface area contributed by atoms with E-state index < -0.39 is 16.9 Å². The molecule has 3 aromatic rings. The number of benzene rings is 2. The van der Waals surface area contributed by atoms with Crippen LogP contribution in [0.25, 0.3) is 10.9 Å². The number of halogens is 2. The Morgan fingerprint density at radius 2 is 1.94 bits per heavy atom. The lowest BCUT2D eigenvalue weighted by molar-refractivity contribution is -0.121. The smallest absolute Gasteiger partial charge is 0.158 e. The van der Waals surface area contributed by atoms with Gasteiger partial charge in [0.05, 0.1) is 17.6 Å². The molecule has 11 heteroatoms. The van der Waals surface area contributed by atoms with Crippen LogP contribution in [0.4, 0.5) is 15.9 Å². The van der Waals surface area contributed by atoms with Gasteiger partial charge in [-0.15, -0.1) is 0 Å². The van der Waals surface area contributed by atoms with E-state index in [9.17, 15) is 17.9 Å². The van der Waals surface area contributed by atoms with Crippen LogP contribution in [0, 0.1) is 5.82 Å². The van der Waals surface area contributed by atoms with Gasteiger partial charge in [0, 0.05) is 29.3 Å². The number of anilines is 2. The van der Waals surface area contributed by atoms with E-state index in [1.165, 1.54) is 18.5 Å². The van der Waals surface area contributed by atoms with E-state index in [-0.39, 0.29) is 23.2 Å². The third-order valence-corrected chi connectivity index (χ3v) is 5.63. The van der Waals surface area contributed by atoms with Crippen LogP contribution in [-0.2, 0) is 15.9 Å². The predicted octanol–water partition coefficient (Wildman–Crippen LogP) is 4.55. The number of hydrogen-bond donors (Lipinski definition) is 2. The van der Waals surface area contributed by atoms with Crippen LogP contribution < -0.4 is 10.1 Å². The molecule has 0 amide bonds. The minimum absolute atomic E-state index is 0.0556. The van der Waals surface area contributed by atoms with Crippen molar-refractivity contribution < 1.29 is 27.8 Å². The first-order chi connectivity index (χ1) is 16.3. The molecule has 0 spiro atoms. The molecule has 0 fully saturated rings. The summed E-state index contributed by atoms with van der Waals surface area (Å²) in [4.78, 5) is 19.0. The summed E-state index contributed by atoms with van der Waals surface area (Å²) in [5.41, 5.74) is 1.40. The SMILES string of the molecule is COc1ccc2c(Nc3ccc(F)c(Cl)c3)ncnc2c1.O=C(CO)CCCCCCS(=O)[O-]. The Balaban J connectivity index is 0.000000273. The third-order valence-electron chi connectivity index (χ3n) is 4.72. The van der Waals surface area contributed by atoms with Gasteiger partial charge >= 0.3 is 0 Å². The number of aromatic nitrogens is 2. The van der Waals surface area contributed by atoms with Crippen molar-refractivity contribution in [2.45, 2.75) is 32.1 Å². The molecule has 3 rings (SSSR count). The number of nitrogens with one attached hydrogen (secondary N) is 1. The molecule has 0 aliphatic heterocycles. The molecule has 1 atom stereocenters. The van der Waals surface area contributed by atoms with Crippen molar-refractivity contribution in [1.29, 1.82) is 0 Å². The highest BCUT2D eigenvalue weighted by molar-refractivity contribution is 7.79. The number of hydrogen-bond acceptors (Lipinski definition) is 8. The van der Waals surface area contributed by atoms with Gasteiger partial charge in [-0.3, -0.25) is 9.00 Å². The summed E-state index contributed by atoms with van der Waals surface area (Å²) >= 11 is 3.84. The molecule has 1 heterocycles. The average molecular weight is 511 g/mol. The highest BCUT2D eigenvalue weighted by Crippen LogP contribution is 2.27. The largest absolute Gasteiger partial charge is 0.772 e. The maximum atomic E-state index is 13.2. The summed E-state index contributed by atoms with van der Waals surface area (Å²) < 4.78 is 38.5. The number of carbonyl (C=O) groups is 1. The fourth-order valence-corrected chi connectivity index (χ4v) is 3.57. The third kappa shape index (κ3) is 9.30. The van der Waals surface area contributed by atoms with E-state index in [2.05, 4.69) is 15.3 Å². The second-order valence-corrected chi connectivity index (χ2v) is 8.65. The zero-order valence-electron chi connectivity index (χ0n) is 18.6. The van der Waals surface area contributed by atoms with Crippen molar-refractivity contribution in [3.63, 3.8) is 0 Å². The van der Waals surface area contributed by atoms with Crippen LogP contribution in [0.3, 0.4) is 0 Å². The Hall–Kier alpha value is -2.66. The molecule has 0 aliphatic carbocycles. The van der Waals surface area contributed by atoms with Crippen LogP contribution >= 0.6 is 11.6 Å². The fraction of sp³-hybridized carbons (Fsp3) is 0.348. The molecular weight excluding hydrogens is 485 g/mol. The lowest BCUT2D eigenvalue weighted by atomic mass is 10.1. The number of nitrogens with zero attached hydrogens (tertiary/aromatic N) is 2. The molecule has 0 saturated heterocycles. The molecule has 2 N–H and O–H groups in total. The van der Waals surface area contributed by atoms with Crippen molar-refractivity contribution in [3.05, 3.63) is 53.6 Å². The average Bonchev–Trinajstić information content (AvgIpc) is 2.83. The Morgan fingerprint density at radius 3 is 2.62 bits per heavy atom. The van der Waals surface area contributed by atoms with Crippen molar-refractivity contribution in [3.8, 4) is 5.75 Å². The minimum atomic E-state index is -1.94. The van der Waals surface area contributed by atoms with E-state index in [0.29, 0.717) is 24.3 Å². The normalized spacial score (nSPS) is 11.4. The molecular formula is C23H26ClFN3O5S-. The number of unbranched alkanes of at least 4 members (excludes halogenated alkanes) is 3. The van der Waals surface area contributed by atoms with Crippen LogP contribution in [0.2, 0.25) is 5.02 Å². The van der Waals surface area contributed by atoms with Gasteiger partial charge in [-0.25, -0.2) is 14.4 Å². The summed E-state index contributed by atoms with van der Waals surface area (Å²) in [5.74, 6) is 0.933. The standard InChI is InChI=1S/C15H11ClFN3O.C8H16O4S/c1-21-10-3-4-11-14(7-10)18-8-19-15(11)20-9-2-5-13(17)12(16)6-9;9-7-8(10)5-3-1-2-4-6-13(11)12/h2-8H,1H3,(H,18,19,20);9H,1-7H2,(H,11,12)/p-1. The minimum Gasteiger partial charge on any atom is -0.772 e. The van der Waals surface area contributed by atoms with E-state index in [1.54, 1.807) is 13.2 Å². The molecule has 1 aromatic heterocycles. The van der Waals surface area contributed by atoms with Crippen LogP contribution in [0.5, 0.6) is 5.75 Å². The number of carbonyl (C=O) groups excluding carboxylic acids is 1. The summed E-state index contributed by atoms with van der Waals surface area (Å²) in [6, 6.07) is 9.92. The number of aliphatic hydroxyl groups is 1. The molecule has 1 unspecified atom stereocenters. The molecule has 0 saturated carbocycles. The van der Waals surface area contributed by atoms with Crippen molar-refractivity contribution >= 4 is 50.9 Å². The maximum absolute atomic E-state index is 13.2. The van der Waals surface area contributed by atoms with E-state index in [0.717, 1.165) is 35.9 Å². The number of fused-ring (bicyclic) bond motifs is 1. The van der Waals surface area contributed by atoms with Gasteiger partial charge in [0.25, 0.3) is 0 Å². The Kier molecular flexibility index (Phi) is 11.8. The Morgan fingerprint density at radius 1 is 1.18 bits per heavy atom. The molecule has 184 valence electrons. The quantitative estimate of drug-likeness (QED) is 0.284. The molecule has 2 aromatic carbocycles. The monoisotopic (exact) mass is 510 g/mol. The van der Waals surface area contributed by atoms with Gasteiger partial charge in [0.1, 0.15) is 30.3 Å². The first-order valence-corrected chi connectivity index (χ1v) is 12.2. The highest BCUT2D eigenvalue weighted by Gasteiger charge is 2.07. The first kappa shape index (κ1) is 27.6. The van der Waals surface area contributed by atoms with E-state index >= 15 is 0 Å². The fourth-order valence-electron chi connectivity index (χ4n) is 2.95. The number of aliphatic hydroxyl groups excluding tert-OH is 1. The second-order valence-electron chi connectivity index (χ2n) is 7.23. The second kappa shape index (κ2) is 14.6. The van der Waals surface area contributed by atoms with E-state index in [4.69, 9.17) is 21.4 Å². The van der Waals surface area contributed by atoms with Gasteiger partial charge in [-0.05, 0) is 43.2 Å². The molecule has 34 heavy (non-hydrogen) atoms. The van der Waals surface area contributed by atoms with Gasteiger partial charge in [0.2, 0.25) is 0 Å². The van der Waals surface area contributed by atoms with Crippen molar-refractivity contribution in [1.82, 2.24) is 9.97 Å². The number of ketones is 1. The summed E-state index contributed by atoms with van der Waals surface area (Å²) in [5, 5.41) is 12.4. The number of Topliss-reactive ketones (excluding diaryl/α,β-unsaturated/α-hetero) is 1. The van der Waals surface area contributed by atoms with Crippen molar-refractivity contribution in [2.24, 2.45) is 0 Å². The highest BCUT2D eigenvalue weighted by atomic mass is 35.5. The first-order valence-electron chi connectivity index (χ1n) is 10.5. The Bertz CT molecular complexity index is 1120. The molecule has 0 aliphatic rings. The number of methoxy groups -OCH3 is 1. The topological polar surface area (TPSA) is 124 Å². The molecule has 0 radical (unpaired) electrons. The zero-order valence-corrected chi connectivity index (χ0v) is 20.2. The van der Waals surface area contributed by atoms with Gasteiger partial charge in [-0.1, -0.05) is 35.5 Å². The summed E-state index contributed by atoms with van der Waals surface area (Å²) in [6.07, 6.45) is 4.93. The van der Waals surface area contributed by atoms with Gasteiger partial charge in [0.15, 0.2) is 5.78 Å². The van der Waals surface area contributed by atoms with Crippen LogP contribution in [-0.4, -0.2) is 49.1 Å². The lowest BCUT2D eigenvalue weighted by Crippen LogP contribution is -2.02.